The molecule has 2 atom stereocenters. The maximum atomic E-state index is 13.1. The molecule has 3 rings (SSSR count). The molecular formula is C22H35N3O2. The third-order valence-corrected chi connectivity index (χ3v) is 5.87. The van der Waals surface area contributed by atoms with Crippen molar-refractivity contribution in [2.75, 3.05) is 0 Å². The molecule has 0 amide bonds. The summed E-state index contributed by atoms with van der Waals surface area (Å²) in [5.74, 6) is 0.227. The first-order valence-electron chi connectivity index (χ1n) is 10.3. The normalized spacial score (nSPS) is 21.4. The maximum Gasteiger partial charge on any atom is 0.329 e. The molecule has 0 fully saturated rings. The quantitative estimate of drug-likeness (QED) is 0.795. The summed E-state index contributed by atoms with van der Waals surface area (Å²) in [6, 6.07) is 0.261. The van der Waals surface area contributed by atoms with Gasteiger partial charge in [0.05, 0.1) is 23.1 Å². The van der Waals surface area contributed by atoms with Crippen LogP contribution < -0.4 is 11.0 Å². The number of Topliss-reactive ketones (excluding diaryl/α,β-unsaturated/α-hetero) is 1. The second kappa shape index (κ2) is 7.17. The predicted octanol–water partition coefficient (Wildman–Crippen LogP) is 4.56. The van der Waals surface area contributed by atoms with E-state index in [1.165, 1.54) is 5.57 Å². The first-order chi connectivity index (χ1) is 12.7. The average molecular weight is 374 g/mol. The van der Waals surface area contributed by atoms with E-state index in [0.717, 1.165) is 41.9 Å². The number of aromatic nitrogens is 2. The lowest BCUT2D eigenvalue weighted by Crippen LogP contribution is -2.35. The van der Waals surface area contributed by atoms with E-state index >= 15 is 0 Å². The van der Waals surface area contributed by atoms with Crippen LogP contribution in [0.2, 0.25) is 0 Å². The Balaban J connectivity index is 0.00000280. The highest BCUT2D eigenvalue weighted by Gasteiger charge is 2.41. The van der Waals surface area contributed by atoms with Gasteiger partial charge in [0.15, 0.2) is 5.78 Å². The van der Waals surface area contributed by atoms with Crippen molar-refractivity contribution < 1.29 is 6.22 Å². The Morgan fingerprint density at radius 3 is 2.37 bits per heavy atom. The molecule has 5 heteroatoms. The van der Waals surface area contributed by atoms with Crippen molar-refractivity contribution in [3.63, 3.8) is 0 Å². The number of nitrogens with zero attached hydrogens (tertiary/aromatic N) is 2. The summed E-state index contributed by atoms with van der Waals surface area (Å²) < 4.78 is 3.85. The molecule has 0 spiro atoms. The Kier molecular flexibility index (Phi) is 5.24. The molecule has 150 valence electrons. The van der Waals surface area contributed by atoms with E-state index < -0.39 is 0 Å². The highest BCUT2D eigenvalue weighted by atomic mass is 16.2. The van der Waals surface area contributed by atoms with Gasteiger partial charge < -0.3 is 5.32 Å². The van der Waals surface area contributed by atoms with E-state index in [-0.39, 0.29) is 36.9 Å². The SMILES string of the molecule is CCCCC1=C(C(C)=O)NC2C1=Cc1c(n(C(C)C)c(=O)n1C(C)C)C2C.[HH]. The molecule has 1 N–H and O–H groups in total. The molecule has 2 aliphatic rings. The fraction of sp³-hybridized carbons (Fsp3) is 0.636. The molecule has 2 unspecified atom stereocenters. The Labute approximate surface area is 163 Å². The first kappa shape index (κ1) is 19.7. The molecular weight excluding hydrogens is 338 g/mol. The highest BCUT2D eigenvalue weighted by Crippen LogP contribution is 2.43. The molecule has 0 aromatic carbocycles. The lowest BCUT2D eigenvalue weighted by atomic mass is 9.82. The summed E-state index contributed by atoms with van der Waals surface area (Å²) in [7, 11) is 0. The Morgan fingerprint density at radius 1 is 1.22 bits per heavy atom. The molecule has 0 saturated heterocycles. The summed E-state index contributed by atoms with van der Waals surface area (Å²) >= 11 is 0. The smallest absolute Gasteiger partial charge is 0.329 e. The Morgan fingerprint density at radius 2 is 1.85 bits per heavy atom. The second-order valence-corrected chi connectivity index (χ2v) is 8.50. The lowest BCUT2D eigenvalue weighted by molar-refractivity contribution is -0.114. The van der Waals surface area contributed by atoms with Crippen LogP contribution in [-0.4, -0.2) is 21.0 Å². The number of allylic oxidation sites excluding steroid dienone is 1. The van der Waals surface area contributed by atoms with Gasteiger partial charge in [0, 0.05) is 26.4 Å². The van der Waals surface area contributed by atoms with E-state index in [2.05, 4.69) is 52.9 Å². The van der Waals surface area contributed by atoms with Crippen LogP contribution in [-0.2, 0) is 4.79 Å². The van der Waals surface area contributed by atoms with Gasteiger partial charge in [-0.15, -0.1) is 0 Å². The minimum Gasteiger partial charge on any atom is -0.374 e. The summed E-state index contributed by atoms with van der Waals surface area (Å²) in [5, 5.41) is 3.50. The molecule has 1 aromatic rings. The molecule has 0 bridgehead atoms. The van der Waals surface area contributed by atoms with Gasteiger partial charge in [-0.3, -0.25) is 13.9 Å². The zero-order valence-corrected chi connectivity index (χ0v) is 17.7. The summed E-state index contributed by atoms with van der Waals surface area (Å²) in [5.41, 5.74) is 5.29. The van der Waals surface area contributed by atoms with E-state index in [0.29, 0.717) is 0 Å². The van der Waals surface area contributed by atoms with Crippen molar-refractivity contribution in [1.82, 2.24) is 14.5 Å². The molecule has 1 aliphatic carbocycles. The molecule has 0 saturated carbocycles. The number of ketones is 1. The number of carbonyl (C=O) groups is 1. The Bertz CT molecular complexity index is 886. The van der Waals surface area contributed by atoms with Crippen molar-refractivity contribution in [3.05, 3.63) is 38.7 Å². The van der Waals surface area contributed by atoms with Crippen molar-refractivity contribution in [3.8, 4) is 0 Å². The largest absolute Gasteiger partial charge is 0.374 e. The minimum absolute atomic E-state index is 0. The van der Waals surface area contributed by atoms with Gasteiger partial charge in [0.2, 0.25) is 0 Å². The van der Waals surface area contributed by atoms with Crippen LogP contribution in [0.3, 0.4) is 0 Å². The third-order valence-electron chi connectivity index (χ3n) is 5.87. The second-order valence-electron chi connectivity index (χ2n) is 8.50. The number of hydrogen-bond donors (Lipinski definition) is 1. The van der Waals surface area contributed by atoms with Crippen molar-refractivity contribution in [1.29, 1.82) is 0 Å². The molecule has 2 heterocycles. The molecule has 1 aliphatic heterocycles. The Hall–Kier alpha value is -2.04. The van der Waals surface area contributed by atoms with Crippen molar-refractivity contribution in [2.45, 2.75) is 91.8 Å². The zero-order chi connectivity index (χ0) is 20.0. The van der Waals surface area contributed by atoms with Crippen LogP contribution in [0.5, 0.6) is 0 Å². The summed E-state index contributed by atoms with van der Waals surface area (Å²) in [6.45, 7) is 14.2. The molecule has 0 radical (unpaired) electrons. The van der Waals surface area contributed by atoms with Crippen LogP contribution in [0.1, 0.15) is 98.5 Å². The van der Waals surface area contributed by atoms with Gasteiger partial charge in [-0.1, -0.05) is 20.3 Å². The van der Waals surface area contributed by atoms with E-state index in [1.807, 2.05) is 9.13 Å². The van der Waals surface area contributed by atoms with Gasteiger partial charge in [-0.25, -0.2) is 4.79 Å². The van der Waals surface area contributed by atoms with Gasteiger partial charge in [-0.2, -0.15) is 0 Å². The number of rotatable bonds is 6. The third kappa shape index (κ3) is 3.01. The van der Waals surface area contributed by atoms with E-state index in [4.69, 9.17) is 0 Å². The number of fused-ring (bicyclic) bond motifs is 2. The van der Waals surface area contributed by atoms with E-state index in [9.17, 15) is 9.59 Å². The lowest BCUT2D eigenvalue weighted by Gasteiger charge is -2.29. The first-order valence-corrected chi connectivity index (χ1v) is 10.3. The van der Waals surface area contributed by atoms with Gasteiger partial charge in [0.25, 0.3) is 0 Å². The van der Waals surface area contributed by atoms with Gasteiger partial charge in [0.1, 0.15) is 0 Å². The van der Waals surface area contributed by atoms with Crippen LogP contribution in [0.25, 0.3) is 6.08 Å². The summed E-state index contributed by atoms with van der Waals surface area (Å²) in [4.78, 5) is 25.4. The topological polar surface area (TPSA) is 56.0 Å². The molecule has 27 heavy (non-hydrogen) atoms. The van der Waals surface area contributed by atoms with Crippen molar-refractivity contribution >= 4 is 11.9 Å². The number of imidazole rings is 1. The maximum absolute atomic E-state index is 13.1. The molecule has 1 aromatic heterocycles. The molecule has 5 nitrogen and oxygen atoms in total. The van der Waals surface area contributed by atoms with Crippen LogP contribution in [0, 0.1) is 0 Å². The van der Waals surface area contributed by atoms with Gasteiger partial charge in [-0.05, 0) is 57.8 Å². The highest BCUT2D eigenvalue weighted by molar-refractivity contribution is 5.96. The zero-order valence-electron chi connectivity index (χ0n) is 17.7. The van der Waals surface area contributed by atoms with Crippen molar-refractivity contribution in [2.24, 2.45) is 0 Å². The van der Waals surface area contributed by atoms with Crippen LogP contribution in [0.15, 0.2) is 21.6 Å². The predicted molar refractivity (Wildman–Crippen MR) is 112 cm³/mol. The fourth-order valence-electron chi connectivity index (χ4n) is 4.63. The monoisotopic (exact) mass is 373 g/mol. The minimum atomic E-state index is 0. The van der Waals surface area contributed by atoms with Gasteiger partial charge >= 0.3 is 5.69 Å². The van der Waals surface area contributed by atoms with Crippen LogP contribution in [0.4, 0.5) is 0 Å². The number of hydrogen-bond acceptors (Lipinski definition) is 3. The summed E-state index contributed by atoms with van der Waals surface area (Å²) in [6.07, 6.45) is 5.23. The fourth-order valence-corrected chi connectivity index (χ4v) is 4.63. The number of carbonyl (C=O) groups excluding carboxylic acids is 1. The standard InChI is InChI=1S/C22H33N3O2.H2/c1-8-9-10-16-17-11-18-21(14(6)19(17)23-20(16)15(7)26)25(13(4)5)22(27)24(18)12(2)3;/h11-14,19,23H,8-10H2,1-7H3;1H. The van der Waals surface area contributed by atoms with Crippen LogP contribution >= 0.6 is 0 Å². The van der Waals surface area contributed by atoms with E-state index in [1.54, 1.807) is 6.92 Å². The average Bonchev–Trinajstić information content (AvgIpc) is 3.08. The number of unbranched alkanes of at least 4 members (excludes halogenated alkanes) is 1. The number of nitrogens with one attached hydrogen (secondary N) is 1.